The molecule has 0 saturated heterocycles. The Bertz CT molecular complexity index is 724. The van der Waals surface area contributed by atoms with Crippen molar-refractivity contribution in [2.75, 3.05) is 21.3 Å². The van der Waals surface area contributed by atoms with Gasteiger partial charge in [-0.3, -0.25) is 9.59 Å². The van der Waals surface area contributed by atoms with Gasteiger partial charge in [0.15, 0.2) is 17.3 Å². The van der Waals surface area contributed by atoms with E-state index in [-0.39, 0.29) is 11.3 Å². The van der Waals surface area contributed by atoms with Gasteiger partial charge in [-0.2, -0.15) is 0 Å². The second-order valence-corrected chi connectivity index (χ2v) is 5.30. The molecular weight excluding hydrogens is 366 g/mol. The summed E-state index contributed by atoms with van der Waals surface area (Å²) in [5, 5.41) is 0. The third-order valence-electron chi connectivity index (χ3n) is 3.06. The highest BCUT2D eigenvalue weighted by molar-refractivity contribution is 9.12. The number of hydrogen-bond acceptors (Lipinski definition) is 5. The zero-order valence-electron chi connectivity index (χ0n) is 12.8. The van der Waals surface area contributed by atoms with Crippen LogP contribution in [-0.4, -0.2) is 38.7 Å². The Labute approximate surface area is 141 Å². The average Bonchev–Trinajstić information content (AvgIpc) is 2.56. The van der Waals surface area contributed by atoms with Crippen LogP contribution in [0.15, 0.2) is 39.8 Å². The number of rotatable bonds is 4. The van der Waals surface area contributed by atoms with Crippen molar-refractivity contribution in [2.45, 2.75) is 0 Å². The Kier molecular flexibility index (Phi) is 5.33. The van der Waals surface area contributed by atoms with E-state index in [1.807, 2.05) is 0 Å². The van der Waals surface area contributed by atoms with Crippen LogP contribution in [0.4, 0.5) is 0 Å². The lowest BCUT2D eigenvalue weighted by atomic mass is 10.1. The largest absolute Gasteiger partial charge is 0.493 e. The second kappa shape index (κ2) is 7.23. The van der Waals surface area contributed by atoms with Gasteiger partial charge in [0.2, 0.25) is 5.75 Å². The average molecular weight is 380 g/mol. The van der Waals surface area contributed by atoms with Crippen LogP contribution in [0.2, 0.25) is 0 Å². The zero-order valence-corrected chi connectivity index (χ0v) is 14.3. The first-order valence-electron chi connectivity index (χ1n) is 6.52. The zero-order chi connectivity index (χ0) is 17.0. The smallest absolute Gasteiger partial charge is 0.277 e. The minimum Gasteiger partial charge on any atom is -0.493 e. The number of benzene rings is 1. The van der Waals surface area contributed by atoms with Crippen molar-refractivity contribution >= 4 is 33.3 Å². The summed E-state index contributed by atoms with van der Waals surface area (Å²) in [6.07, 6.45) is 4.30. The first-order valence-corrected chi connectivity index (χ1v) is 7.32. The molecule has 1 aromatic carbocycles. The van der Waals surface area contributed by atoms with Crippen molar-refractivity contribution in [3.63, 3.8) is 0 Å². The predicted molar refractivity (Wildman–Crippen MR) is 89.0 cm³/mol. The van der Waals surface area contributed by atoms with Crippen LogP contribution in [0.1, 0.15) is 10.4 Å². The summed E-state index contributed by atoms with van der Waals surface area (Å²) in [5.41, 5.74) is 0.650. The van der Waals surface area contributed by atoms with Crippen molar-refractivity contribution in [1.29, 1.82) is 0 Å². The molecule has 0 aliphatic heterocycles. The molecule has 1 amide bonds. The fourth-order valence-electron chi connectivity index (χ4n) is 1.95. The first kappa shape index (κ1) is 17.0. The van der Waals surface area contributed by atoms with Crippen molar-refractivity contribution in [2.24, 2.45) is 4.99 Å². The minimum atomic E-state index is -0.491. The molecule has 7 heteroatoms. The van der Waals surface area contributed by atoms with E-state index in [2.05, 4.69) is 20.9 Å². The lowest BCUT2D eigenvalue weighted by Gasteiger charge is -2.13. The molecule has 1 aliphatic carbocycles. The van der Waals surface area contributed by atoms with Crippen LogP contribution in [0.25, 0.3) is 0 Å². The summed E-state index contributed by atoms with van der Waals surface area (Å²) in [7, 11) is 4.41. The molecule has 1 aromatic rings. The van der Waals surface area contributed by atoms with Gasteiger partial charge in [0.05, 0.1) is 31.5 Å². The quantitative estimate of drug-likeness (QED) is 0.751. The molecule has 0 unspecified atom stereocenters. The Morgan fingerprint density at radius 2 is 1.65 bits per heavy atom. The number of carbonyl (C=O) groups excluding carboxylic acids is 2. The lowest BCUT2D eigenvalue weighted by Crippen LogP contribution is -2.07. The molecule has 0 saturated carbocycles. The minimum absolute atomic E-state index is 0.177. The number of carbonyl (C=O) groups is 2. The van der Waals surface area contributed by atoms with E-state index in [4.69, 9.17) is 14.2 Å². The van der Waals surface area contributed by atoms with Crippen LogP contribution >= 0.6 is 15.9 Å². The van der Waals surface area contributed by atoms with Crippen LogP contribution in [0.5, 0.6) is 17.2 Å². The van der Waals surface area contributed by atoms with E-state index in [0.717, 1.165) is 0 Å². The van der Waals surface area contributed by atoms with Gasteiger partial charge in [-0.05, 0) is 46.3 Å². The molecule has 6 nitrogen and oxygen atoms in total. The maximum atomic E-state index is 12.3. The molecule has 0 atom stereocenters. The molecule has 0 aromatic heterocycles. The highest BCUT2D eigenvalue weighted by Crippen LogP contribution is 2.38. The molecule has 0 heterocycles. The number of amides is 1. The van der Waals surface area contributed by atoms with Crippen LogP contribution in [-0.2, 0) is 4.79 Å². The number of nitrogens with zero attached hydrogens (tertiary/aromatic N) is 1. The van der Waals surface area contributed by atoms with Crippen LogP contribution < -0.4 is 14.2 Å². The van der Waals surface area contributed by atoms with Gasteiger partial charge in [-0.15, -0.1) is 0 Å². The number of aliphatic imine (C=N–C) groups is 1. The Hall–Kier alpha value is -2.41. The fourth-order valence-corrected chi connectivity index (χ4v) is 2.31. The number of halogens is 1. The SMILES string of the molecule is COc1cc(C(=O)N=C2C=CC(=O)C(Br)=C2)cc(OC)c1OC. The van der Waals surface area contributed by atoms with Gasteiger partial charge in [0, 0.05) is 5.56 Å². The number of allylic oxidation sites excluding steroid dienone is 4. The number of hydrogen-bond donors (Lipinski definition) is 0. The summed E-state index contributed by atoms with van der Waals surface area (Å²) in [5.74, 6) is 0.451. The summed E-state index contributed by atoms with van der Waals surface area (Å²) >= 11 is 3.12. The molecule has 0 fully saturated rings. The molecule has 23 heavy (non-hydrogen) atoms. The van der Waals surface area contributed by atoms with E-state index >= 15 is 0 Å². The highest BCUT2D eigenvalue weighted by atomic mass is 79.9. The van der Waals surface area contributed by atoms with Crippen molar-refractivity contribution in [3.05, 3.63) is 40.4 Å². The normalized spacial score (nSPS) is 15.4. The first-order chi connectivity index (χ1) is 11.0. The van der Waals surface area contributed by atoms with Crippen molar-refractivity contribution < 1.29 is 23.8 Å². The standard InChI is InChI=1S/C16H14BrNO5/c1-21-13-6-9(7-14(22-2)15(13)23-3)16(20)18-10-4-5-12(19)11(17)8-10/h4-8H,1-3H3. The van der Waals surface area contributed by atoms with E-state index in [1.165, 1.54) is 51.7 Å². The van der Waals surface area contributed by atoms with E-state index in [0.29, 0.717) is 27.4 Å². The second-order valence-electron chi connectivity index (χ2n) is 4.45. The monoisotopic (exact) mass is 379 g/mol. The molecule has 0 N–H and O–H groups in total. The van der Waals surface area contributed by atoms with Crippen LogP contribution in [0, 0.1) is 0 Å². The Morgan fingerprint density at radius 1 is 1.04 bits per heavy atom. The topological polar surface area (TPSA) is 74.2 Å². The van der Waals surface area contributed by atoms with Gasteiger partial charge in [0.25, 0.3) is 5.91 Å². The van der Waals surface area contributed by atoms with Gasteiger partial charge in [0.1, 0.15) is 0 Å². The van der Waals surface area contributed by atoms with Gasteiger partial charge in [-0.1, -0.05) is 0 Å². The summed E-state index contributed by atoms with van der Waals surface area (Å²) in [4.78, 5) is 27.7. The van der Waals surface area contributed by atoms with Crippen molar-refractivity contribution in [1.82, 2.24) is 0 Å². The number of ether oxygens (including phenoxy) is 3. The molecule has 0 bridgehead atoms. The Balaban J connectivity index is 2.40. The molecule has 1 aliphatic rings. The van der Waals surface area contributed by atoms with E-state index < -0.39 is 5.91 Å². The van der Waals surface area contributed by atoms with Crippen LogP contribution in [0.3, 0.4) is 0 Å². The molecule has 2 rings (SSSR count). The Morgan fingerprint density at radius 3 is 2.13 bits per heavy atom. The third-order valence-corrected chi connectivity index (χ3v) is 3.68. The lowest BCUT2D eigenvalue weighted by molar-refractivity contribution is -0.110. The summed E-state index contributed by atoms with van der Waals surface area (Å²) < 4.78 is 16.0. The summed E-state index contributed by atoms with van der Waals surface area (Å²) in [6, 6.07) is 3.04. The predicted octanol–water partition coefficient (Wildman–Crippen LogP) is 2.71. The number of methoxy groups -OCH3 is 3. The maximum absolute atomic E-state index is 12.3. The third kappa shape index (κ3) is 3.68. The van der Waals surface area contributed by atoms with Crippen molar-refractivity contribution in [3.8, 4) is 17.2 Å². The molecule has 0 spiro atoms. The summed E-state index contributed by atoms with van der Waals surface area (Å²) in [6.45, 7) is 0. The van der Waals surface area contributed by atoms with E-state index in [1.54, 1.807) is 0 Å². The number of ketones is 1. The van der Waals surface area contributed by atoms with Gasteiger partial charge >= 0.3 is 0 Å². The molecule has 0 radical (unpaired) electrons. The van der Waals surface area contributed by atoms with Gasteiger partial charge < -0.3 is 14.2 Å². The molecule has 120 valence electrons. The van der Waals surface area contributed by atoms with Gasteiger partial charge in [-0.25, -0.2) is 4.99 Å². The maximum Gasteiger partial charge on any atom is 0.277 e. The van der Waals surface area contributed by atoms with E-state index in [9.17, 15) is 9.59 Å². The highest BCUT2D eigenvalue weighted by Gasteiger charge is 2.17. The molecular formula is C16H14BrNO5. The fraction of sp³-hybridized carbons (Fsp3) is 0.188.